The van der Waals surface area contributed by atoms with Gasteiger partial charge in [0.1, 0.15) is 16.7 Å². The number of fused-ring (bicyclic) bond motifs is 1. The van der Waals surface area contributed by atoms with Crippen molar-refractivity contribution in [3.05, 3.63) is 86.7 Å². The third-order valence-corrected chi connectivity index (χ3v) is 6.85. The van der Waals surface area contributed by atoms with Gasteiger partial charge in [0.15, 0.2) is 11.5 Å². The first-order valence-electron chi connectivity index (χ1n) is 10.4. The highest BCUT2D eigenvalue weighted by Crippen LogP contribution is 2.42. The number of nitrogens with zero attached hydrogens (tertiary/aromatic N) is 1. The van der Waals surface area contributed by atoms with Crippen LogP contribution in [0.15, 0.2) is 71.1 Å². The first-order chi connectivity index (χ1) is 16.4. The molecular weight excluding hydrogens is 491 g/mol. The molecule has 0 aliphatic rings. The highest BCUT2D eigenvalue weighted by atomic mass is 35.5. The van der Waals surface area contributed by atoms with E-state index in [0.29, 0.717) is 31.9 Å². The summed E-state index contributed by atoms with van der Waals surface area (Å²) in [7, 11) is 0. The molecule has 0 amide bonds. The molecule has 170 valence electrons. The van der Waals surface area contributed by atoms with Gasteiger partial charge in [-0.15, -0.1) is 11.3 Å². The summed E-state index contributed by atoms with van der Waals surface area (Å²) in [5.41, 5.74) is 10.8. The lowest BCUT2D eigenvalue weighted by Crippen LogP contribution is -1.96. The number of ketones is 1. The second-order valence-corrected chi connectivity index (χ2v) is 9.96. The summed E-state index contributed by atoms with van der Waals surface area (Å²) >= 11 is 13.8. The monoisotopic (exact) mass is 508 g/mol. The zero-order valence-corrected chi connectivity index (χ0v) is 20.3. The van der Waals surface area contributed by atoms with E-state index >= 15 is 0 Å². The molecule has 0 bridgehead atoms. The van der Waals surface area contributed by atoms with Crippen LogP contribution in [0.2, 0.25) is 8.67 Å². The van der Waals surface area contributed by atoms with Crippen molar-refractivity contribution in [1.82, 2.24) is 4.98 Å². The molecule has 0 radical (unpaired) electrons. The second-order valence-electron chi connectivity index (χ2n) is 7.67. The third-order valence-electron chi connectivity index (χ3n) is 5.36. The van der Waals surface area contributed by atoms with E-state index < -0.39 is 0 Å². The van der Waals surface area contributed by atoms with Crippen molar-refractivity contribution in [2.75, 3.05) is 5.73 Å². The number of hydrogen-bond donors (Lipinski definition) is 1. The van der Waals surface area contributed by atoms with Crippen LogP contribution in [0.4, 0.5) is 5.69 Å². The van der Waals surface area contributed by atoms with Crippen molar-refractivity contribution < 1.29 is 13.9 Å². The Morgan fingerprint density at radius 1 is 1.06 bits per heavy atom. The maximum Gasteiger partial charge on any atom is 0.230 e. The maximum atomic E-state index is 12.1. The summed E-state index contributed by atoms with van der Waals surface area (Å²) in [4.78, 5) is 16.7. The second kappa shape index (κ2) is 9.14. The van der Waals surface area contributed by atoms with Gasteiger partial charge < -0.3 is 14.9 Å². The zero-order valence-electron chi connectivity index (χ0n) is 18.0. The lowest BCUT2D eigenvalue weighted by Gasteiger charge is -2.10. The van der Waals surface area contributed by atoms with Crippen LogP contribution in [0.25, 0.3) is 33.5 Å². The highest BCUT2D eigenvalue weighted by Gasteiger charge is 2.22. The van der Waals surface area contributed by atoms with Crippen LogP contribution in [0.5, 0.6) is 5.75 Å². The molecule has 3 heterocycles. The number of hydrogen-bond acceptors (Lipinski definition) is 6. The van der Waals surface area contributed by atoms with Gasteiger partial charge in [0.05, 0.1) is 21.1 Å². The number of furan rings is 1. The Kier molecular flexibility index (Phi) is 6.04. The first-order valence-corrected chi connectivity index (χ1v) is 11.9. The molecule has 0 saturated carbocycles. The summed E-state index contributed by atoms with van der Waals surface area (Å²) < 4.78 is 12.7. The van der Waals surface area contributed by atoms with Crippen molar-refractivity contribution in [2.24, 2.45) is 0 Å². The number of halogens is 2. The number of carbonyl (C=O) groups is 1. The van der Waals surface area contributed by atoms with Gasteiger partial charge in [-0.2, -0.15) is 0 Å². The van der Waals surface area contributed by atoms with E-state index in [2.05, 4.69) is 4.98 Å². The molecule has 8 heteroatoms. The summed E-state index contributed by atoms with van der Waals surface area (Å²) in [6, 6.07) is 21.2. The van der Waals surface area contributed by atoms with E-state index in [1.54, 1.807) is 6.07 Å². The van der Waals surface area contributed by atoms with E-state index in [0.717, 1.165) is 22.4 Å². The highest BCUT2D eigenvalue weighted by molar-refractivity contribution is 7.20. The molecule has 0 atom stereocenters. The van der Waals surface area contributed by atoms with Crippen LogP contribution in [0.1, 0.15) is 23.0 Å². The summed E-state index contributed by atoms with van der Waals surface area (Å²) in [5.74, 6) is 0.540. The lowest BCUT2D eigenvalue weighted by atomic mass is 10.00. The number of benzene rings is 2. The van der Waals surface area contributed by atoms with E-state index in [1.807, 2.05) is 60.7 Å². The molecule has 3 aromatic heterocycles. The smallest absolute Gasteiger partial charge is 0.230 e. The molecule has 0 saturated heterocycles. The SMILES string of the molecule is CC(=O)c1oc2nc(-c3cc(Cl)sc3Cl)cc(-c3ccc(OCc4ccccc4)cc3)c2c1N. The Labute approximate surface area is 209 Å². The molecule has 2 N–H and O–H groups in total. The summed E-state index contributed by atoms with van der Waals surface area (Å²) in [5, 5.41) is 0.573. The molecule has 0 aliphatic carbocycles. The number of anilines is 1. The largest absolute Gasteiger partial charge is 0.489 e. The van der Waals surface area contributed by atoms with Gasteiger partial charge in [0.2, 0.25) is 5.71 Å². The number of carbonyl (C=O) groups excluding carboxylic acids is 1. The standard InChI is InChI=1S/C26H18Cl2N2O3S/c1-14(31)24-23(29)22-18(11-20(30-26(22)33-24)19-12-21(27)34-25(19)28)16-7-9-17(10-8-16)32-13-15-5-3-2-4-6-15/h2-12H,13,29H2,1H3. The molecular formula is C26H18Cl2N2O3S. The molecule has 0 spiro atoms. The summed E-state index contributed by atoms with van der Waals surface area (Å²) in [6.07, 6.45) is 0. The van der Waals surface area contributed by atoms with E-state index in [-0.39, 0.29) is 22.9 Å². The average molecular weight is 509 g/mol. The number of Topliss-reactive ketones (excluding diaryl/α,β-unsaturated/α-hetero) is 1. The van der Waals surface area contributed by atoms with Crippen LogP contribution in [-0.2, 0) is 6.61 Å². The number of aromatic nitrogens is 1. The minimum Gasteiger partial charge on any atom is -0.489 e. The molecule has 0 fully saturated rings. The van der Waals surface area contributed by atoms with Gasteiger partial charge >= 0.3 is 0 Å². The molecule has 2 aromatic carbocycles. The van der Waals surface area contributed by atoms with Gasteiger partial charge in [-0.25, -0.2) is 4.98 Å². The molecule has 5 aromatic rings. The number of thiophene rings is 1. The van der Waals surface area contributed by atoms with Crippen LogP contribution >= 0.6 is 34.5 Å². The van der Waals surface area contributed by atoms with Crippen molar-refractivity contribution >= 4 is 57.1 Å². The van der Waals surface area contributed by atoms with Crippen LogP contribution < -0.4 is 10.5 Å². The molecule has 34 heavy (non-hydrogen) atoms. The Morgan fingerprint density at radius 2 is 1.79 bits per heavy atom. The van der Waals surface area contributed by atoms with Crippen molar-refractivity contribution in [3.8, 4) is 28.1 Å². The number of pyridine rings is 1. The Balaban J connectivity index is 1.58. The Hall–Kier alpha value is -3.32. The molecule has 5 rings (SSSR count). The quantitative estimate of drug-likeness (QED) is 0.236. The number of ether oxygens (including phenoxy) is 1. The topological polar surface area (TPSA) is 78.3 Å². The minimum atomic E-state index is -0.274. The van der Waals surface area contributed by atoms with E-state index in [9.17, 15) is 4.79 Å². The predicted molar refractivity (Wildman–Crippen MR) is 138 cm³/mol. The van der Waals surface area contributed by atoms with Gasteiger partial charge in [0.25, 0.3) is 0 Å². The van der Waals surface area contributed by atoms with Gasteiger partial charge in [-0.05, 0) is 41.0 Å². The maximum absolute atomic E-state index is 12.1. The third kappa shape index (κ3) is 4.28. The van der Waals surface area contributed by atoms with Gasteiger partial charge in [-0.3, -0.25) is 4.79 Å². The molecule has 0 unspecified atom stereocenters. The zero-order chi connectivity index (χ0) is 23.8. The first kappa shape index (κ1) is 22.5. The molecule has 0 aliphatic heterocycles. The van der Waals surface area contributed by atoms with E-state index in [4.69, 9.17) is 38.1 Å². The average Bonchev–Trinajstić information content (AvgIpc) is 3.36. The van der Waals surface area contributed by atoms with Crippen LogP contribution in [0, 0.1) is 0 Å². The molecule has 5 nitrogen and oxygen atoms in total. The van der Waals surface area contributed by atoms with Crippen molar-refractivity contribution in [1.29, 1.82) is 0 Å². The van der Waals surface area contributed by atoms with Crippen molar-refractivity contribution in [2.45, 2.75) is 13.5 Å². The minimum absolute atomic E-state index is 0.0816. The Bertz CT molecular complexity index is 1510. The fourth-order valence-corrected chi connectivity index (χ4v) is 5.22. The van der Waals surface area contributed by atoms with Crippen LogP contribution in [-0.4, -0.2) is 10.8 Å². The fourth-order valence-electron chi connectivity index (χ4n) is 3.73. The van der Waals surface area contributed by atoms with Crippen molar-refractivity contribution in [3.63, 3.8) is 0 Å². The number of rotatable bonds is 6. The predicted octanol–water partition coefficient (Wildman–Crippen LogP) is 7.89. The normalized spacial score (nSPS) is 11.1. The lowest BCUT2D eigenvalue weighted by molar-refractivity contribution is 0.0990. The summed E-state index contributed by atoms with van der Waals surface area (Å²) in [6.45, 7) is 1.88. The van der Waals surface area contributed by atoms with Gasteiger partial charge in [0, 0.05) is 12.5 Å². The Morgan fingerprint density at radius 3 is 2.44 bits per heavy atom. The number of nitrogens with two attached hydrogens (primary N) is 1. The number of nitrogen functional groups attached to an aromatic ring is 1. The van der Waals surface area contributed by atoms with Gasteiger partial charge in [-0.1, -0.05) is 65.7 Å². The van der Waals surface area contributed by atoms with Crippen LogP contribution in [0.3, 0.4) is 0 Å². The fraction of sp³-hybridized carbons (Fsp3) is 0.0769. The van der Waals surface area contributed by atoms with E-state index in [1.165, 1.54) is 18.3 Å².